The maximum Gasteiger partial charge on any atom is 0.463 e. The average Bonchev–Trinajstić information content (AvgIpc) is 2.31. The van der Waals surface area contributed by atoms with Crippen LogP contribution < -0.4 is 5.32 Å². The van der Waals surface area contributed by atoms with E-state index in [-0.39, 0.29) is 11.8 Å². The van der Waals surface area contributed by atoms with Crippen LogP contribution in [0.1, 0.15) is 6.42 Å². The van der Waals surface area contributed by atoms with Crippen molar-refractivity contribution in [2.45, 2.75) is 24.6 Å². The molecular formula is C9H11BrF5NO2S. The molecule has 0 heterocycles. The minimum absolute atomic E-state index is 0.0225. The first-order chi connectivity index (χ1) is 8.57. The second-order valence-electron chi connectivity index (χ2n) is 3.48. The number of thioether (sulfide) groups is 1. The Kier molecular flexibility index (Phi) is 7.27. The lowest BCUT2D eigenvalue weighted by Gasteiger charge is -2.22. The quantitative estimate of drug-likeness (QED) is 0.552. The Labute approximate surface area is 118 Å². The molecule has 3 nitrogen and oxygen atoms in total. The van der Waals surface area contributed by atoms with E-state index in [1.807, 2.05) is 0 Å². The normalized spacial score (nSPS) is 14.1. The van der Waals surface area contributed by atoms with E-state index in [2.05, 4.69) is 15.9 Å². The van der Waals surface area contributed by atoms with Crippen LogP contribution in [-0.2, 0) is 9.59 Å². The number of halogens is 6. The molecule has 0 aliphatic rings. The molecule has 0 saturated carbocycles. The van der Waals surface area contributed by atoms with Crippen molar-refractivity contribution in [1.82, 2.24) is 5.32 Å². The highest BCUT2D eigenvalue weighted by atomic mass is 79.9. The maximum atomic E-state index is 12.7. The predicted octanol–water partition coefficient (Wildman–Crippen LogP) is 2.39. The summed E-state index contributed by atoms with van der Waals surface area (Å²) in [6, 6.07) is -1.37. The largest absolute Gasteiger partial charge is 0.463 e. The molecule has 1 atom stereocenters. The molecule has 1 unspecified atom stereocenters. The Bertz CT molecular complexity index is 337. The zero-order valence-electron chi connectivity index (χ0n) is 9.69. The van der Waals surface area contributed by atoms with Gasteiger partial charge >= 0.3 is 18.0 Å². The van der Waals surface area contributed by atoms with E-state index in [0.29, 0.717) is 5.75 Å². The molecule has 0 aliphatic carbocycles. The molecule has 19 heavy (non-hydrogen) atoms. The molecule has 0 bridgehead atoms. The van der Waals surface area contributed by atoms with E-state index >= 15 is 0 Å². The number of amides is 1. The van der Waals surface area contributed by atoms with Gasteiger partial charge in [0.15, 0.2) is 5.78 Å². The first kappa shape index (κ1) is 18.6. The second-order valence-corrected chi connectivity index (χ2v) is 5.03. The van der Waals surface area contributed by atoms with Gasteiger partial charge in [0.1, 0.15) is 0 Å². The number of carbonyl (C=O) groups excluding carboxylic acids is 2. The van der Waals surface area contributed by atoms with Crippen LogP contribution in [0, 0.1) is 0 Å². The Hall–Kier alpha value is -0.380. The number of rotatable bonds is 7. The van der Waals surface area contributed by atoms with E-state index in [1.54, 1.807) is 6.26 Å². The molecule has 0 rings (SSSR count). The minimum Gasteiger partial charge on any atom is -0.341 e. The smallest absolute Gasteiger partial charge is 0.341 e. The third-order valence-corrected chi connectivity index (χ3v) is 3.27. The molecule has 0 aliphatic heterocycles. The van der Waals surface area contributed by atoms with Crippen molar-refractivity contribution in [3.63, 3.8) is 0 Å². The highest BCUT2D eigenvalue weighted by Gasteiger charge is 2.63. The first-order valence-electron chi connectivity index (χ1n) is 4.91. The summed E-state index contributed by atoms with van der Waals surface area (Å²) in [5.74, 6) is -8.36. The van der Waals surface area contributed by atoms with Crippen molar-refractivity contribution >= 4 is 39.4 Å². The van der Waals surface area contributed by atoms with Crippen molar-refractivity contribution in [2.24, 2.45) is 0 Å². The van der Waals surface area contributed by atoms with Crippen LogP contribution in [0.25, 0.3) is 0 Å². The highest BCUT2D eigenvalue weighted by Crippen LogP contribution is 2.35. The Morgan fingerprint density at radius 2 is 1.79 bits per heavy atom. The lowest BCUT2D eigenvalue weighted by Crippen LogP contribution is -2.54. The van der Waals surface area contributed by atoms with Gasteiger partial charge in [-0.25, -0.2) is 0 Å². The summed E-state index contributed by atoms with van der Waals surface area (Å²) < 4.78 is 61.3. The summed E-state index contributed by atoms with van der Waals surface area (Å²) in [5.41, 5.74) is 0. The number of hydrogen-bond donors (Lipinski definition) is 1. The van der Waals surface area contributed by atoms with Crippen molar-refractivity contribution in [3.8, 4) is 0 Å². The maximum absolute atomic E-state index is 12.7. The van der Waals surface area contributed by atoms with Gasteiger partial charge in [-0.3, -0.25) is 9.59 Å². The number of hydrogen-bond acceptors (Lipinski definition) is 3. The minimum atomic E-state index is -5.99. The van der Waals surface area contributed by atoms with Gasteiger partial charge in [0.25, 0.3) is 0 Å². The first-order valence-corrected chi connectivity index (χ1v) is 7.42. The van der Waals surface area contributed by atoms with Crippen LogP contribution in [0.4, 0.5) is 22.0 Å². The average molecular weight is 372 g/mol. The Morgan fingerprint density at radius 1 is 1.26 bits per heavy atom. The molecular weight excluding hydrogens is 361 g/mol. The van der Waals surface area contributed by atoms with Gasteiger partial charge < -0.3 is 5.32 Å². The van der Waals surface area contributed by atoms with Crippen LogP contribution in [0.15, 0.2) is 0 Å². The summed E-state index contributed by atoms with van der Waals surface area (Å²) in [7, 11) is 0. The molecule has 1 N–H and O–H groups in total. The Balaban J connectivity index is 4.85. The number of alkyl halides is 6. The molecule has 0 saturated heterocycles. The fourth-order valence-corrected chi connectivity index (χ4v) is 1.88. The lowest BCUT2D eigenvalue weighted by atomic mass is 10.1. The molecule has 0 aromatic rings. The summed E-state index contributed by atoms with van der Waals surface area (Å²) in [6.45, 7) is 0. The standard InChI is InChI=1S/C9H11BrF5NO2S/c1-19-3-2-5(6(17)4-10)16-7(18)8(11,12)9(13,14)15/h5H,2-4H2,1H3,(H,16,18). The fraction of sp³-hybridized carbons (Fsp3) is 0.778. The number of ketones is 1. The molecule has 0 radical (unpaired) electrons. The van der Waals surface area contributed by atoms with E-state index in [1.165, 1.54) is 17.1 Å². The zero-order valence-corrected chi connectivity index (χ0v) is 12.1. The van der Waals surface area contributed by atoms with Crippen molar-refractivity contribution in [1.29, 1.82) is 0 Å². The van der Waals surface area contributed by atoms with Gasteiger partial charge in [0.2, 0.25) is 0 Å². The number of Topliss-reactive ketones (excluding diaryl/α,β-unsaturated/α-hetero) is 1. The van der Waals surface area contributed by atoms with Gasteiger partial charge in [-0.1, -0.05) is 15.9 Å². The summed E-state index contributed by atoms with van der Waals surface area (Å²) in [5, 5.41) is 1.20. The monoisotopic (exact) mass is 371 g/mol. The van der Waals surface area contributed by atoms with Crippen LogP contribution in [0.2, 0.25) is 0 Å². The SMILES string of the molecule is CSCCC(NC(=O)C(F)(F)C(F)(F)F)C(=O)CBr. The van der Waals surface area contributed by atoms with E-state index in [9.17, 15) is 31.5 Å². The fourth-order valence-electron chi connectivity index (χ4n) is 1.02. The van der Waals surface area contributed by atoms with Gasteiger partial charge in [-0.15, -0.1) is 0 Å². The molecule has 10 heteroatoms. The molecule has 1 amide bonds. The molecule has 0 fully saturated rings. The third-order valence-electron chi connectivity index (χ3n) is 2.08. The lowest BCUT2D eigenvalue weighted by molar-refractivity contribution is -0.270. The third kappa shape index (κ3) is 5.25. The second kappa shape index (κ2) is 7.41. The predicted molar refractivity (Wildman–Crippen MR) is 64.7 cm³/mol. The van der Waals surface area contributed by atoms with Gasteiger partial charge in [0.05, 0.1) is 11.4 Å². The summed E-state index contributed by atoms with van der Waals surface area (Å²) in [6.07, 6.45) is -4.34. The van der Waals surface area contributed by atoms with E-state index in [4.69, 9.17) is 0 Å². The zero-order chi connectivity index (χ0) is 15.3. The number of carbonyl (C=O) groups is 2. The van der Waals surface area contributed by atoms with Crippen LogP contribution in [0.5, 0.6) is 0 Å². The van der Waals surface area contributed by atoms with Crippen LogP contribution >= 0.6 is 27.7 Å². The van der Waals surface area contributed by atoms with E-state index in [0.717, 1.165) is 0 Å². The van der Waals surface area contributed by atoms with Gasteiger partial charge in [-0.05, 0) is 18.4 Å². The van der Waals surface area contributed by atoms with Crippen molar-refractivity contribution in [3.05, 3.63) is 0 Å². The van der Waals surface area contributed by atoms with Crippen molar-refractivity contribution < 1.29 is 31.5 Å². The summed E-state index contributed by atoms with van der Waals surface area (Å²) >= 11 is 4.04. The molecule has 0 aromatic heterocycles. The summed E-state index contributed by atoms with van der Waals surface area (Å²) in [4.78, 5) is 22.3. The molecule has 0 spiro atoms. The van der Waals surface area contributed by atoms with Crippen molar-refractivity contribution in [2.75, 3.05) is 17.3 Å². The Morgan fingerprint density at radius 3 is 2.16 bits per heavy atom. The molecule has 112 valence electrons. The van der Waals surface area contributed by atoms with E-state index < -0.39 is 29.8 Å². The van der Waals surface area contributed by atoms with Crippen LogP contribution in [-0.4, -0.2) is 47.2 Å². The highest BCUT2D eigenvalue weighted by molar-refractivity contribution is 9.09. The van der Waals surface area contributed by atoms with Crippen LogP contribution in [0.3, 0.4) is 0 Å². The number of nitrogens with one attached hydrogen (secondary N) is 1. The van der Waals surface area contributed by atoms with Gasteiger partial charge in [-0.2, -0.15) is 33.7 Å². The molecule has 0 aromatic carbocycles. The van der Waals surface area contributed by atoms with Gasteiger partial charge in [0, 0.05) is 0 Å². The topological polar surface area (TPSA) is 46.2 Å².